The van der Waals surface area contributed by atoms with Gasteiger partial charge in [0.25, 0.3) is 5.91 Å². The normalized spacial score (nSPS) is 17.6. The Morgan fingerprint density at radius 3 is 2.50 bits per heavy atom. The average Bonchev–Trinajstić information content (AvgIpc) is 2.89. The molecule has 1 heterocycles. The van der Waals surface area contributed by atoms with E-state index in [2.05, 4.69) is 5.32 Å². The molecule has 1 aliphatic heterocycles. The first kappa shape index (κ1) is 14.6. The Morgan fingerprint density at radius 1 is 1.09 bits per heavy atom. The largest absolute Gasteiger partial charge is 0.340 e. The van der Waals surface area contributed by atoms with E-state index in [1.807, 2.05) is 30.3 Å². The molecule has 0 aromatic heterocycles. The van der Waals surface area contributed by atoms with Crippen molar-refractivity contribution < 1.29 is 9.59 Å². The van der Waals surface area contributed by atoms with Crippen LogP contribution < -0.4 is 10.2 Å². The van der Waals surface area contributed by atoms with Gasteiger partial charge in [0.15, 0.2) is 0 Å². The molecule has 2 aromatic carbocycles. The lowest BCUT2D eigenvalue weighted by Crippen LogP contribution is -2.41. The van der Waals surface area contributed by atoms with E-state index in [-0.39, 0.29) is 11.8 Å². The standard InChI is InChI=1S/C17H15ClN2O2/c18-14-9-5-4-8-13(14)16(21)19-15-10-11-20(17(15)22)12-6-2-1-3-7-12/h1-9,15H,10-11H2,(H,19,21)/t15-/m1/s1. The summed E-state index contributed by atoms with van der Waals surface area (Å²) in [6.07, 6.45) is 0.587. The van der Waals surface area contributed by atoms with Crippen LogP contribution in [0.1, 0.15) is 16.8 Å². The summed E-state index contributed by atoms with van der Waals surface area (Å²) in [6.45, 7) is 0.594. The number of halogens is 1. The highest BCUT2D eigenvalue weighted by Crippen LogP contribution is 2.22. The summed E-state index contributed by atoms with van der Waals surface area (Å²) in [5.41, 5.74) is 1.23. The van der Waals surface area contributed by atoms with Gasteiger partial charge < -0.3 is 10.2 Å². The molecule has 1 saturated heterocycles. The van der Waals surface area contributed by atoms with Gasteiger partial charge in [-0.15, -0.1) is 0 Å². The minimum absolute atomic E-state index is 0.0911. The lowest BCUT2D eigenvalue weighted by molar-refractivity contribution is -0.118. The van der Waals surface area contributed by atoms with E-state index >= 15 is 0 Å². The SMILES string of the molecule is O=C(N[C@@H]1CCN(c2ccccc2)C1=O)c1ccccc1Cl. The monoisotopic (exact) mass is 314 g/mol. The summed E-state index contributed by atoms with van der Waals surface area (Å²) in [5.74, 6) is -0.412. The number of carbonyl (C=O) groups excluding carboxylic acids is 2. The molecular weight excluding hydrogens is 300 g/mol. The number of amides is 2. The summed E-state index contributed by atoms with van der Waals surface area (Å²) in [7, 11) is 0. The second-order valence-corrected chi connectivity index (χ2v) is 5.53. The third-order valence-electron chi connectivity index (χ3n) is 3.70. The van der Waals surface area contributed by atoms with Crippen molar-refractivity contribution >= 4 is 29.1 Å². The van der Waals surface area contributed by atoms with E-state index in [1.165, 1.54) is 0 Å². The van der Waals surface area contributed by atoms with E-state index < -0.39 is 6.04 Å². The predicted molar refractivity (Wildman–Crippen MR) is 86.1 cm³/mol. The zero-order valence-electron chi connectivity index (χ0n) is 11.8. The average molecular weight is 315 g/mol. The summed E-state index contributed by atoms with van der Waals surface area (Å²) in [6, 6.07) is 15.7. The van der Waals surface area contributed by atoms with Gasteiger partial charge in [0.05, 0.1) is 10.6 Å². The molecule has 0 aliphatic carbocycles. The second kappa shape index (κ2) is 6.20. The van der Waals surface area contributed by atoms with Gasteiger partial charge in [-0.3, -0.25) is 9.59 Å². The van der Waals surface area contributed by atoms with E-state index in [0.29, 0.717) is 23.6 Å². The molecule has 4 nitrogen and oxygen atoms in total. The molecule has 112 valence electrons. The molecule has 1 atom stereocenters. The maximum absolute atomic E-state index is 12.4. The third kappa shape index (κ3) is 2.83. The highest BCUT2D eigenvalue weighted by atomic mass is 35.5. The molecule has 2 aromatic rings. The quantitative estimate of drug-likeness (QED) is 0.947. The van der Waals surface area contributed by atoms with Gasteiger partial charge in [-0.2, -0.15) is 0 Å². The van der Waals surface area contributed by atoms with Crippen LogP contribution in [0.3, 0.4) is 0 Å². The van der Waals surface area contributed by atoms with Crippen molar-refractivity contribution in [1.29, 1.82) is 0 Å². The number of nitrogens with zero attached hydrogens (tertiary/aromatic N) is 1. The predicted octanol–water partition coefficient (Wildman–Crippen LogP) is 2.88. The van der Waals surface area contributed by atoms with Crippen molar-refractivity contribution in [3.63, 3.8) is 0 Å². The lowest BCUT2D eigenvalue weighted by Gasteiger charge is -2.17. The molecule has 3 rings (SSSR count). The smallest absolute Gasteiger partial charge is 0.253 e. The van der Waals surface area contributed by atoms with Crippen molar-refractivity contribution in [3.05, 3.63) is 65.2 Å². The molecule has 2 amide bonds. The highest BCUT2D eigenvalue weighted by Gasteiger charge is 2.33. The van der Waals surface area contributed by atoms with Gasteiger partial charge in [-0.05, 0) is 30.7 Å². The number of nitrogens with one attached hydrogen (secondary N) is 1. The summed E-state index contributed by atoms with van der Waals surface area (Å²) < 4.78 is 0. The molecule has 0 spiro atoms. The van der Waals surface area contributed by atoms with Crippen molar-refractivity contribution in [2.45, 2.75) is 12.5 Å². The molecule has 1 aliphatic rings. The Morgan fingerprint density at radius 2 is 1.77 bits per heavy atom. The minimum Gasteiger partial charge on any atom is -0.340 e. The van der Waals surface area contributed by atoms with Crippen molar-refractivity contribution in [2.75, 3.05) is 11.4 Å². The third-order valence-corrected chi connectivity index (χ3v) is 4.03. The van der Waals surface area contributed by atoms with Crippen LogP contribution in [0.2, 0.25) is 5.02 Å². The lowest BCUT2D eigenvalue weighted by atomic mass is 10.2. The van der Waals surface area contributed by atoms with Crippen LogP contribution >= 0.6 is 11.6 Å². The molecule has 1 N–H and O–H groups in total. The van der Waals surface area contributed by atoms with Crippen LogP contribution in [-0.2, 0) is 4.79 Å². The fraction of sp³-hybridized carbons (Fsp3) is 0.176. The van der Waals surface area contributed by atoms with Gasteiger partial charge in [-0.1, -0.05) is 41.9 Å². The molecule has 5 heteroatoms. The van der Waals surface area contributed by atoms with Gasteiger partial charge >= 0.3 is 0 Å². The van der Waals surface area contributed by atoms with Crippen LogP contribution in [0.15, 0.2) is 54.6 Å². The van der Waals surface area contributed by atoms with Gasteiger partial charge in [-0.25, -0.2) is 0 Å². The first-order chi connectivity index (χ1) is 10.7. The Kier molecular flexibility index (Phi) is 4.11. The first-order valence-corrected chi connectivity index (χ1v) is 7.46. The molecule has 22 heavy (non-hydrogen) atoms. The highest BCUT2D eigenvalue weighted by molar-refractivity contribution is 6.33. The van der Waals surface area contributed by atoms with Gasteiger partial charge in [0.2, 0.25) is 5.91 Å². The number of carbonyl (C=O) groups is 2. The van der Waals surface area contributed by atoms with Crippen LogP contribution in [-0.4, -0.2) is 24.4 Å². The molecule has 0 unspecified atom stereocenters. The molecule has 1 fully saturated rings. The van der Waals surface area contributed by atoms with Crippen molar-refractivity contribution in [2.24, 2.45) is 0 Å². The van der Waals surface area contributed by atoms with E-state index in [1.54, 1.807) is 29.2 Å². The van der Waals surface area contributed by atoms with Crippen LogP contribution in [0, 0.1) is 0 Å². The van der Waals surface area contributed by atoms with E-state index in [9.17, 15) is 9.59 Å². The Labute approximate surface area is 133 Å². The molecule has 0 bridgehead atoms. The molecular formula is C17H15ClN2O2. The second-order valence-electron chi connectivity index (χ2n) is 5.12. The number of hydrogen-bond donors (Lipinski definition) is 1. The van der Waals surface area contributed by atoms with Gasteiger partial charge in [0, 0.05) is 12.2 Å². The van der Waals surface area contributed by atoms with Gasteiger partial charge in [0.1, 0.15) is 6.04 Å². The number of hydrogen-bond acceptors (Lipinski definition) is 2. The molecule has 0 saturated carbocycles. The Hall–Kier alpha value is -2.33. The summed E-state index contributed by atoms with van der Waals surface area (Å²) >= 11 is 6.01. The number of rotatable bonds is 3. The van der Waals surface area contributed by atoms with E-state index in [4.69, 9.17) is 11.6 Å². The summed E-state index contributed by atoms with van der Waals surface area (Å²) in [5, 5.41) is 3.15. The Bertz CT molecular complexity index is 703. The summed E-state index contributed by atoms with van der Waals surface area (Å²) in [4.78, 5) is 26.4. The van der Waals surface area contributed by atoms with Crippen molar-refractivity contribution in [3.8, 4) is 0 Å². The Balaban J connectivity index is 1.71. The topological polar surface area (TPSA) is 49.4 Å². The van der Waals surface area contributed by atoms with Crippen LogP contribution in [0.4, 0.5) is 5.69 Å². The zero-order valence-corrected chi connectivity index (χ0v) is 12.6. The number of para-hydroxylation sites is 1. The number of benzene rings is 2. The minimum atomic E-state index is -0.510. The zero-order chi connectivity index (χ0) is 15.5. The van der Waals surface area contributed by atoms with Crippen LogP contribution in [0.5, 0.6) is 0 Å². The fourth-order valence-corrected chi connectivity index (χ4v) is 2.78. The maximum Gasteiger partial charge on any atom is 0.253 e. The molecule has 0 radical (unpaired) electrons. The number of anilines is 1. The van der Waals surface area contributed by atoms with Crippen LogP contribution in [0.25, 0.3) is 0 Å². The van der Waals surface area contributed by atoms with E-state index in [0.717, 1.165) is 5.69 Å². The van der Waals surface area contributed by atoms with Crippen molar-refractivity contribution in [1.82, 2.24) is 5.32 Å². The first-order valence-electron chi connectivity index (χ1n) is 7.08. The maximum atomic E-state index is 12.4. The fourth-order valence-electron chi connectivity index (χ4n) is 2.56.